The van der Waals surface area contributed by atoms with Crippen molar-refractivity contribution in [2.24, 2.45) is 5.92 Å². The van der Waals surface area contributed by atoms with Crippen molar-refractivity contribution in [3.63, 3.8) is 0 Å². The number of halogens is 2. The predicted octanol–water partition coefficient (Wildman–Crippen LogP) is 3.90. The molecule has 5 aliphatic rings. The van der Waals surface area contributed by atoms with E-state index in [1.54, 1.807) is 18.2 Å². The van der Waals surface area contributed by atoms with Gasteiger partial charge in [-0.25, -0.2) is 23.7 Å². The summed E-state index contributed by atoms with van der Waals surface area (Å²) < 4.78 is 65.1. The number of hydrogen-bond acceptors (Lipinski definition) is 15. The highest BCUT2D eigenvalue weighted by Crippen LogP contribution is 2.38. The molecule has 2 N–H and O–H groups in total. The first kappa shape index (κ1) is 47.3. The Balaban J connectivity index is 0.759. The van der Waals surface area contributed by atoms with Crippen molar-refractivity contribution < 1.29 is 41.1 Å². The summed E-state index contributed by atoms with van der Waals surface area (Å²) in [5, 5.41) is 12.3. The van der Waals surface area contributed by atoms with Crippen LogP contribution in [0.2, 0.25) is 0 Å². The number of piperazine rings is 1. The molecule has 5 aromatic rings. The Kier molecular flexibility index (Phi) is 12.2. The molecule has 5 aliphatic heterocycles. The number of carbonyl (C=O) groups is 4. The fourth-order valence-electron chi connectivity index (χ4n) is 10.3. The van der Waals surface area contributed by atoms with Gasteiger partial charge in [-0.05, 0) is 94.0 Å². The number of nitrogens with one attached hydrogen (secondary N) is 2. The van der Waals surface area contributed by atoms with Crippen LogP contribution < -0.4 is 30.1 Å². The molecule has 4 fully saturated rings. The summed E-state index contributed by atoms with van der Waals surface area (Å²) in [5.41, 5.74) is 0.636. The van der Waals surface area contributed by atoms with E-state index in [2.05, 4.69) is 53.5 Å². The van der Waals surface area contributed by atoms with Crippen molar-refractivity contribution in [1.82, 2.24) is 38.9 Å². The first-order valence-electron chi connectivity index (χ1n) is 23.3. The topological polar surface area (TPSA) is 236 Å². The van der Waals surface area contributed by atoms with Crippen LogP contribution in [0, 0.1) is 23.1 Å². The number of fused-ring (bicyclic) bond motifs is 2. The van der Waals surface area contributed by atoms with Gasteiger partial charge in [-0.3, -0.25) is 48.4 Å². The molecule has 0 saturated carbocycles. The van der Waals surface area contributed by atoms with Gasteiger partial charge in [0.15, 0.2) is 11.6 Å². The van der Waals surface area contributed by atoms with E-state index in [4.69, 9.17) is 4.74 Å². The maximum absolute atomic E-state index is 15.2. The molecule has 3 aromatic carbocycles. The van der Waals surface area contributed by atoms with E-state index >= 15 is 4.39 Å². The Hall–Kier alpha value is -7.42. The maximum Gasteiger partial charge on any atom is 0.301 e. The molecule has 71 heavy (non-hydrogen) atoms. The van der Waals surface area contributed by atoms with Gasteiger partial charge >= 0.3 is 10.2 Å². The molecular formula is C48H48F2N12O8S. The molecule has 1 unspecified atom stereocenters. The second-order valence-corrected chi connectivity index (χ2v) is 20.4. The molecule has 2 atom stereocenters. The number of piperidine rings is 2. The SMILES string of the molecule is CC(C)(C1CCN(c2ncc(-n3cnc4ccc(Oc5c(F)ccc(NS(=O)(=O)N6CC[C@@H](F)C6)c5C#N)cc4c3=O)cn2)CC1)N1CCN(c2ccc3c(c2)C(=O)N(C2CCC(=O)NC2=O)C3=O)CC1. The molecule has 0 bridgehead atoms. The molecule has 0 radical (unpaired) electrons. The molecule has 23 heteroatoms. The van der Waals surface area contributed by atoms with Crippen LogP contribution in [0.4, 0.5) is 26.1 Å². The van der Waals surface area contributed by atoms with Crippen LogP contribution in [0.3, 0.4) is 0 Å². The standard InChI is InChI=1S/C48H48F2N12O8S/c1-48(2,59-19-17-57(18-20-59)30-3-5-33-34(21-30)46(67)62(45(33)66)40-9-10-41(63)55-43(40)64)28-11-14-58(15-12-28)47-52-24-31(25-53-47)61-27-54-38-7-4-32(22-35(38)44(61)65)70-42-36(23-51)39(8-6-37(42)50)56-71(68,69)60-16-13-29(49)26-60/h3-8,21-22,24-25,27-29,40,56H,9-20,26H2,1-2H3,(H,55,63,64)/t29-,40?/m1/s1. The van der Waals surface area contributed by atoms with Gasteiger partial charge in [0.25, 0.3) is 17.4 Å². The summed E-state index contributed by atoms with van der Waals surface area (Å²) in [7, 11) is -4.26. The van der Waals surface area contributed by atoms with Crippen LogP contribution in [0.15, 0.2) is 72.0 Å². The summed E-state index contributed by atoms with van der Waals surface area (Å²) in [6.45, 7) is 8.56. The maximum atomic E-state index is 15.2. The Morgan fingerprint density at radius 1 is 0.831 bits per heavy atom. The van der Waals surface area contributed by atoms with Gasteiger partial charge in [0, 0.05) is 70.0 Å². The first-order chi connectivity index (χ1) is 34.0. The number of aromatic nitrogens is 4. The number of carbonyl (C=O) groups excluding carboxylic acids is 4. The largest absolute Gasteiger partial charge is 0.453 e. The van der Waals surface area contributed by atoms with Crippen LogP contribution in [0.25, 0.3) is 16.6 Å². The minimum Gasteiger partial charge on any atom is -0.453 e. The third kappa shape index (κ3) is 8.80. The van der Waals surface area contributed by atoms with Crippen LogP contribution in [0.1, 0.15) is 72.2 Å². The third-order valence-corrected chi connectivity index (χ3v) is 15.9. The van der Waals surface area contributed by atoms with Gasteiger partial charge in [0.05, 0.1) is 45.8 Å². The summed E-state index contributed by atoms with van der Waals surface area (Å²) in [5.74, 6) is -2.80. The van der Waals surface area contributed by atoms with E-state index in [-0.39, 0.29) is 65.8 Å². The molecule has 20 nitrogen and oxygen atoms in total. The van der Waals surface area contributed by atoms with E-state index in [9.17, 15) is 42.0 Å². The fourth-order valence-corrected chi connectivity index (χ4v) is 11.6. The van der Waals surface area contributed by atoms with Gasteiger partial charge in [0.1, 0.15) is 35.9 Å². The second kappa shape index (κ2) is 18.4. The first-order valence-corrected chi connectivity index (χ1v) is 24.7. The highest BCUT2D eigenvalue weighted by atomic mass is 32.2. The molecule has 7 heterocycles. The minimum atomic E-state index is -4.26. The number of nitriles is 1. The number of nitrogens with zero attached hydrogens (tertiary/aromatic N) is 10. The summed E-state index contributed by atoms with van der Waals surface area (Å²) in [4.78, 5) is 86.2. The van der Waals surface area contributed by atoms with Gasteiger partial charge in [-0.15, -0.1) is 0 Å². The fraction of sp³-hybridized carbons (Fsp3) is 0.396. The van der Waals surface area contributed by atoms with E-state index in [0.29, 0.717) is 49.2 Å². The lowest BCUT2D eigenvalue weighted by molar-refractivity contribution is -0.136. The van der Waals surface area contributed by atoms with Crippen molar-refractivity contribution >= 4 is 62.1 Å². The predicted molar refractivity (Wildman–Crippen MR) is 254 cm³/mol. The van der Waals surface area contributed by atoms with E-state index < -0.39 is 68.7 Å². The van der Waals surface area contributed by atoms with Crippen molar-refractivity contribution in [3.8, 4) is 23.3 Å². The smallest absolute Gasteiger partial charge is 0.301 e. The van der Waals surface area contributed by atoms with Gasteiger partial charge < -0.3 is 14.5 Å². The number of amides is 4. The van der Waals surface area contributed by atoms with E-state index in [1.807, 2.05) is 6.07 Å². The van der Waals surface area contributed by atoms with Gasteiger partial charge in [0.2, 0.25) is 17.8 Å². The van der Waals surface area contributed by atoms with Crippen LogP contribution in [-0.2, 0) is 19.8 Å². The lowest BCUT2D eigenvalue weighted by atomic mass is 9.78. The number of benzene rings is 3. The Morgan fingerprint density at radius 3 is 2.25 bits per heavy atom. The number of rotatable bonds is 11. The molecule has 368 valence electrons. The van der Waals surface area contributed by atoms with Crippen molar-refractivity contribution in [2.75, 3.05) is 66.9 Å². The zero-order valence-electron chi connectivity index (χ0n) is 38.7. The highest BCUT2D eigenvalue weighted by molar-refractivity contribution is 7.90. The summed E-state index contributed by atoms with van der Waals surface area (Å²) in [6.07, 6.45) is 5.06. The van der Waals surface area contributed by atoms with Crippen LogP contribution in [-0.4, -0.2) is 136 Å². The molecule has 4 amide bonds. The third-order valence-electron chi connectivity index (χ3n) is 14.4. The summed E-state index contributed by atoms with van der Waals surface area (Å²) >= 11 is 0. The number of anilines is 3. The summed E-state index contributed by atoms with van der Waals surface area (Å²) in [6, 6.07) is 12.3. The molecule has 2 aromatic heterocycles. The minimum absolute atomic E-state index is 0.0269. The lowest BCUT2D eigenvalue weighted by Gasteiger charge is -2.50. The molecule has 0 aliphatic carbocycles. The Morgan fingerprint density at radius 2 is 1.56 bits per heavy atom. The molecule has 4 saturated heterocycles. The van der Waals surface area contributed by atoms with Crippen LogP contribution in [0.5, 0.6) is 11.5 Å². The second-order valence-electron chi connectivity index (χ2n) is 18.8. The van der Waals surface area contributed by atoms with Gasteiger partial charge in [-0.2, -0.15) is 18.0 Å². The Labute approximate surface area is 406 Å². The van der Waals surface area contributed by atoms with Gasteiger partial charge in [-0.1, -0.05) is 0 Å². The van der Waals surface area contributed by atoms with Crippen LogP contribution >= 0.6 is 0 Å². The van der Waals surface area contributed by atoms with Crippen molar-refractivity contribution in [3.05, 3.63) is 100 Å². The highest BCUT2D eigenvalue weighted by Gasteiger charge is 2.45. The number of ether oxygens (including phenoxy) is 1. The lowest BCUT2D eigenvalue weighted by Crippen LogP contribution is -2.59. The zero-order chi connectivity index (χ0) is 49.9. The van der Waals surface area contributed by atoms with Crippen molar-refractivity contribution in [2.45, 2.75) is 63.7 Å². The van der Waals surface area contributed by atoms with E-state index in [1.165, 1.54) is 41.5 Å². The van der Waals surface area contributed by atoms with E-state index in [0.717, 1.165) is 53.0 Å². The average molecular weight is 991 g/mol. The monoisotopic (exact) mass is 990 g/mol. The number of hydrogen-bond donors (Lipinski definition) is 2. The van der Waals surface area contributed by atoms with Crippen molar-refractivity contribution in [1.29, 1.82) is 5.26 Å². The normalized spacial score (nSPS) is 20.6. The molecule has 10 rings (SSSR count). The molecular weight excluding hydrogens is 943 g/mol. The average Bonchev–Trinajstić information content (AvgIpc) is 3.92. The number of alkyl halides is 1. The molecule has 0 spiro atoms. The number of imide groups is 2. The quantitative estimate of drug-likeness (QED) is 0.179. The zero-order valence-corrected chi connectivity index (χ0v) is 39.5. The Bertz CT molecular complexity index is 3220.